The maximum absolute atomic E-state index is 12.8. The number of halogens is 8. The van der Waals surface area contributed by atoms with Gasteiger partial charge in [-0.05, 0) is 5.56 Å². The largest absolute Gasteiger partial charge is 0.460 e. The predicted molar refractivity (Wildman–Crippen MR) is 118 cm³/mol. The highest BCUT2D eigenvalue weighted by molar-refractivity contribution is 6.67. The van der Waals surface area contributed by atoms with E-state index in [1.807, 2.05) is 0 Å². The average Bonchev–Trinajstić information content (AvgIpc) is 2.67. The maximum atomic E-state index is 12.8. The zero-order valence-electron chi connectivity index (χ0n) is 13.8. The number of carbonyl (C=O) groups is 2. The Bertz CT molecular complexity index is 898. The Morgan fingerprint density at radius 2 is 1.28 bits per heavy atom. The average molecular weight is 560 g/mol. The number of ether oxygens (including phenoxy) is 2. The molecule has 0 N–H and O–H groups in total. The van der Waals surface area contributed by atoms with Crippen molar-refractivity contribution in [2.45, 2.75) is 9.71 Å². The second-order valence-corrected chi connectivity index (χ2v) is 9.79. The second-order valence-electron chi connectivity index (χ2n) is 5.39. The summed E-state index contributed by atoms with van der Waals surface area (Å²) >= 11 is 46.7. The highest BCUT2D eigenvalue weighted by atomic mass is 35.6. The molecule has 4 nitrogen and oxygen atoms in total. The number of hydrogen-bond acceptors (Lipinski definition) is 4. The Labute approximate surface area is 205 Å². The molecule has 156 valence electrons. The Morgan fingerprint density at radius 1 is 0.793 bits per heavy atom. The summed E-state index contributed by atoms with van der Waals surface area (Å²) in [4.78, 5) is 25.4. The number of hydrogen-bond donors (Lipinski definition) is 0. The molecule has 0 aliphatic rings. The van der Waals surface area contributed by atoms with Crippen LogP contribution in [0.5, 0.6) is 5.75 Å². The van der Waals surface area contributed by atoms with Gasteiger partial charge in [-0.1, -0.05) is 123 Å². The Kier molecular flexibility index (Phi) is 8.90. The fourth-order valence-corrected chi connectivity index (χ4v) is 3.45. The van der Waals surface area contributed by atoms with Crippen LogP contribution in [-0.2, 0) is 14.3 Å². The van der Waals surface area contributed by atoms with Gasteiger partial charge in [0.2, 0.25) is 3.79 Å². The van der Waals surface area contributed by atoms with Crippen LogP contribution in [0.25, 0.3) is 0 Å². The van der Waals surface area contributed by atoms with Gasteiger partial charge in [-0.15, -0.1) is 0 Å². The minimum atomic E-state index is -1.87. The molecule has 0 fully saturated rings. The highest BCUT2D eigenvalue weighted by Crippen LogP contribution is 2.48. The van der Waals surface area contributed by atoms with Crippen molar-refractivity contribution in [1.82, 2.24) is 0 Å². The summed E-state index contributed by atoms with van der Waals surface area (Å²) < 4.78 is 8.30. The lowest BCUT2D eigenvalue weighted by Gasteiger charge is -2.19. The van der Waals surface area contributed by atoms with Crippen molar-refractivity contribution in [1.29, 1.82) is 0 Å². The molecule has 2 aromatic carbocycles. The summed E-state index contributed by atoms with van der Waals surface area (Å²) in [5, 5.41) is -1.01. The van der Waals surface area contributed by atoms with Crippen LogP contribution < -0.4 is 4.74 Å². The molecule has 2 rings (SSSR count). The van der Waals surface area contributed by atoms with Gasteiger partial charge in [0.05, 0.1) is 15.1 Å². The lowest BCUT2D eigenvalue weighted by Crippen LogP contribution is -2.30. The molecule has 0 radical (unpaired) electrons. The van der Waals surface area contributed by atoms with Crippen LogP contribution in [-0.4, -0.2) is 22.3 Å². The fraction of sp³-hybridized carbons (Fsp3) is 0.176. The third kappa shape index (κ3) is 6.34. The van der Waals surface area contributed by atoms with Gasteiger partial charge in [0.1, 0.15) is 16.7 Å². The van der Waals surface area contributed by atoms with Gasteiger partial charge < -0.3 is 9.47 Å². The molecule has 0 aliphatic heterocycles. The molecule has 2 aromatic rings. The van der Waals surface area contributed by atoms with Crippen LogP contribution in [0, 0.1) is 0 Å². The summed E-state index contributed by atoms with van der Waals surface area (Å²) in [5.74, 6) is -4.01. The Balaban J connectivity index is 2.40. The molecule has 29 heavy (non-hydrogen) atoms. The van der Waals surface area contributed by atoms with E-state index in [2.05, 4.69) is 0 Å². The lowest BCUT2D eigenvalue weighted by atomic mass is 9.99. The minimum Gasteiger partial charge on any atom is -0.460 e. The van der Waals surface area contributed by atoms with Crippen LogP contribution in [0.1, 0.15) is 11.5 Å². The van der Waals surface area contributed by atoms with Gasteiger partial charge >= 0.3 is 11.9 Å². The summed E-state index contributed by atoms with van der Waals surface area (Å²) in [6.07, 6.45) is 0. The predicted octanol–water partition coefficient (Wildman–Crippen LogP) is 7.56. The minimum absolute atomic E-state index is 0.121. The van der Waals surface area contributed by atoms with E-state index < -0.39 is 28.3 Å². The van der Waals surface area contributed by atoms with Gasteiger partial charge in [0.25, 0.3) is 0 Å². The molecule has 0 bridgehead atoms. The van der Waals surface area contributed by atoms with Gasteiger partial charge in [-0.25, -0.2) is 0 Å². The van der Waals surface area contributed by atoms with Crippen molar-refractivity contribution < 1.29 is 19.1 Å². The van der Waals surface area contributed by atoms with Crippen LogP contribution in [0.4, 0.5) is 0 Å². The molecule has 0 aliphatic carbocycles. The van der Waals surface area contributed by atoms with Crippen LogP contribution in [0.2, 0.25) is 25.1 Å². The van der Waals surface area contributed by atoms with E-state index in [0.29, 0.717) is 0 Å². The molecule has 12 heteroatoms. The SMILES string of the molecule is O=C(OCC(Cl)(Cl)Cl)C(C(=O)Oc1c(Cl)c(Cl)c(Cl)c(Cl)c1Cl)c1ccccc1. The molecule has 0 spiro atoms. The van der Waals surface area contributed by atoms with E-state index in [-0.39, 0.29) is 36.4 Å². The number of benzene rings is 2. The van der Waals surface area contributed by atoms with Crippen LogP contribution in [0.15, 0.2) is 30.3 Å². The third-order valence-corrected chi connectivity index (χ3v) is 5.92. The van der Waals surface area contributed by atoms with E-state index in [1.165, 1.54) is 12.1 Å². The van der Waals surface area contributed by atoms with E-state index in [0.717, 1.165) is 0 Å². The molecular formula is C17H8Cl8O4. The summed E-state index contributed by atoms with van der Waals surface area (Å²) in [6.45, 7) is -0.590. The number of alkyl halides is 3. The molecule has 1 atom stereocenters. The third-order valence-electron chi connectivity index (χ3n) is 3.35. The molecule has 0 heterocycles. The summed E-state index contributed by atoms with van der Waals surface area (Å²) in [5.41, 5.74) is 0.255. The normalized spacial score (nSPS) is 12.4. The molecule has 1 unspecified atom stereocenters. The van der Waals surface area contributed by atoms with E-state index in [9.17, 15) is 9.59 Å². The van der Waals surface area contributed by atoms with Gasteiger partial charge in [-0.2, -0.15) is 0 Å². The van der Waals surface area contributed by atoms with E-state index in [1.54, 1.807) is 18.2 Å². The van der Waals surface area contributed by atoms with Gasteiger partial charge in [0.15, 0.2) is 11.7 Å². The molecule has 0 amide bonds. The number of carbonyl (C=O) groups excluding carboxylic acids is 2. The van der Waals surface area contributed by atoms with Crippen LogP contribution in [0.3, 0.4) is 0 Å². The maximum Gasteiger partial charge on any atom is 0.330 e. The van der Waals surface area contributed by atoms with Gasteiger partial charge in [-0.3, -0.25) is 9.59 Å². The zero-order valence-corrected chi connectivity index (χ0v) is 19.9. The molecule has 0 saturated carbocycles. The van der Waals surface area contributed by atoms with E-state index in [4.69, 9.17) is 102 Å². The second kappa shape index (κ2) is 10.3. The quantitative estimate of drug-likeness (QED) is 0.0947. The fourth-order valence-electron chi connectivity index (χ4n) is 2.08. The molecule has 0 aromatic heterocycles. The van der Waals surface area contributed by atoms with Gasteiger partial charge in [0, 0.05) is 0 Å². The first-order chi connectivity index (χ1) is 13.4. The first-order valence-electron chi connectivity index (χ1n) is 7.45. The van der Waals surface area contributed by atoms with Crippen molar-refractivity contribution in [2.75, 3.05) is 6.61 Å². The first-order valence-corrected chi connectivity index (χ1v) is 10.5. The van der Waals surface area contributed by atoms with Crippen molar-refractivity contribution in [3.63, 3.8) is 0 Å². The lowest BCUT2D eigenvalue weighted by molar-refractivity contribution is -0.152. The summed E-state index contributed by atoms with van der Waals surface area (Å²) in [6, 6.07) is 7.91. The van der Waals surface area contributed by atoms with Crippen molar-refractivity contribution >= 4 is 105 Å². The standard InChI is InChI=1S/C17H8Cl8O4/c18-9-10(19)12(21)14(13(22)11(9)20)29-16(27)8(7-4-2-1-3-5-7)15(26)28-6-17(23,24)25/h1-5,8H,6H2. The van der Waals surface area contributed by atoms with Crippen molar-refractivity contribution in [3.05, 3.63) is 61.0 Å². The topological polar surface area (TPSA) is 52.6 Å². The number of esters is 2. The van der Waals surface area contributed by atoms with Crippen LogP contribution >= 0.6 is 92.8 Å². The Hall–Kier alpha value is -0.300. The Morgan fingerprint density at radius 3 is 1.76 bits per heavy atom. The van der Waals surface area contributed by atoms with Crippen molar-refractivity contribution in [2.24, 2.45) is 0 Å². The molecular weight excluding hydrogens is 552 g/mol. The monoisotopic (exact) mass is 556 g/mol. The van der Waals surface area contributed by atoms with E-state index >= 15 is 0 Å². The zero-order chi connectivity index (χ0) is 21.9. The van der Waals surface area contributed by atoms with Crippen molar-refractivity contribution in [3.8, 4) is 5.75 Å². The highest BCUT2D eigenvalue weighted by Gasteiger charge is 2.35. The number of rotatable bonds is 5. The summed E-state index contributed by atoms with van der Waals surface area (Å²) in [7, 11) is 0. The smallest absolute Gasteiger partial charge is 0.330 e. The first kappa shape index (κ1) is 25.0. The molecule has 0 saturated heterocycles.